The highest BCUT2D eigenvalue weighted by Crippen LogP contribution is 2.37. The van der Waals surface area contributed by atoms with Crippen LogP contribution in [0.2, 0.25) is 0 Å². The molecular formula is C18H21ClN2O. The molecule has 1 amide bonds. The number of carbonyl (C=O) groups is 1. The Bertz CT molecular complexity index is 670. The Morgan fingerprint density at radius 3 is 2.68 bits per heavy atom. The maximum absolute atomic E-state index is 11.9. The lowest BCUT2D eigenvalue weighted by Gasteiger charge is -2.07. The molecule has 0 heterocycles. The van der Waals surface area contributed by atoms with Crippen LogP contribution in [0.25, 0.3) is 11.1 Å². The zero-order chi connectivity index (χ0) is 14.7. The van der Waals surface area contributed by atoms with E-state index in [0.29, 0.717) is 6.42 Å². The third-order valence-corrected chi connectivity index (χ3v) is 3.91. The van der Waals surface area contributed by atoms with Crippen molar-refractivity contribution >= 4 is 24.0 Å². The highest BCUT2D eigenvalue weighted by molar-refractivity contribution is 5.91. The van der Waals surface area contributed by atoms with Gasteiger partial charge in [0.15, 0.2) is 0 Å². The van der Waals surface area contributed by atoms with Gasteiger partial charge in [0, 0.05) is 12.1 Å². The Morgan fingerprint density at radius 1 is 1.09 bits per heavy atom. The molecule has 2 N–H and O–H groups in total. The number of halogens is 1. The summed E-state index contributed by atoms with van der Waals surface area (Å²) in [6.45, 7) is 0.868. The Balaban J connectivity index is 0.00000176. The Hall–Kier alpha value is -1.84. The average Bonchev–Trinajstić information content (AvgIpc) is 2.85. The molecule has 4 heteroatoms. The van der Waals surface area contributed by atoms with Crippen LogP contribution in [0.5, 0.6) is 0 Å². The number of fused-ring (bicyclic) bond motifs is 3. The van der Waals surface area contributed by atoms with Crippen molar-refractivity contribution in [3.8, 4) is 11.1 Å². The summed E-state index contributed by atoms with van der Waals surface area (Å²) in [5.74, 6) is 0.0840. The Kier molecular flexibility index (Phi) is 5.58. The molecular weight excluding hydrogens is 296 g/mol. The summed E-state index contributed by atoms with van der Waals surface area (Å²) in [7, 11) is 1.90. The van der Waals surface area contributed by atoms with Crippen LogP contribution in [0.3, 0.4) is 0 Å². The summed E-state index contributed by atoms with van der Waals surface area (Å²) in [6.07, 6.45) is 2.37. The highest BCUT2D eigenvalue weighted by atomic mass is 35.5. The summed E-state index contributed by atoms with van der Waals surface area (Å²) in [5.41, 5.74) is 6.17. The highest BCUT2D eigenvalue weighted by Gasteiger charge is 2.18. The number of hydrogen-bond donors (Lipinski definition) is 2. The summed E-state index contributed by atoms with van der Waals surface area (Å²) in [4.78, 5) is 11.9. The molecule has 116 valence electrons. The van der Waals surface area contributed by atoms with Gasteiger partial charge in [-0.1, -0.05) is 30.3 Å². The van der Waals surface area contributed by atoms with Gasteiger partial charge in [-0.3, -0.25) is 4.79 Å². The fraction of sp³-hybridized carbons (Fsp3) is 0.278. The van der Waals surface area contributed by atoms with E-state index in [2.05, 4.69) is 47.0 Å². The summed E-state index contributed by atoms with van der Waals surface area (Å²) >= 11 is 0. The lowest BCUT2D eigenvalue weighted by molar-refractivity contribution is -0.116. The number of anilines is 1. The van der Waals surface area contributed by atoms with Gasteiger partial charge in [-0.25, -0.2) is 0 Å². The number of benzene rings is 2. The predicted molar refractivity (Wildman–Crippen MR) is 93.7 cm³/mol. The first-order chi connectivity index (χ1) is 10.3. The maximum atomic E-state index is 11.9. The fourth-order valence-corrected chi connectivity index (χ4v) is 2.87. The molecule has 2 aromatic rings. The summed E-state index contributed by atoms with van der Waals surface area (Å²) in [5, 5.41) is 6.04. The van der Waals surface area contributed by atoms with Crippen LogP contribution < -0.4 is 10.6 Å². The molecule has 0 saturated carbocycles. The van der Waals surface area contributed by atoms with Gasteiger partial charge in [-0.05, 0) is 60.8 Å². The molecule has 22 heavy (non-hydrogen) atoms. The van der Waals surface area contributed by atoms with Gasteiger partial charge in [0.2, 0.25) is 5.91 Å². The molecule has 3 rings (SSSR count). The minimum absolute atomic E-state index is 0. The van der Waals surface area contributed by atoms with Gasteiger partial charge in [-0.15, -0.1) is 12.4 Å². The van der Waals surface area contributed by atoms with E-state index in [1.807, 2.05) is 13.1 Å². The van der Waals surface area contributed by atoms with E-state index in [1.165, 1.54) is 22.3 Å². The molecule has 1 aliphatic rings. The van der Waals surface area contributed by atoms with Crippen molar-refractivity contribution in [3.05, 3.63) is 53.6 Å². The number of rotatable bonds is 5. The van der Waals surface area contributed by atoms with Crippen molar-refractivity contribution in [3.63, 3.8) is 0 Å². The second-order valence-electron chi connectivity index (χ2n) is 5.46. The van der Waals surface area contributed by atoms with Gasteiger partial charge >= 0.3 is 0 Å². The van der Waals surface area contributed by atoms with Gasteiger partial charge in [-0.2, -0.15) is 0 Å². The van der Waals surface area contributed by atoms with Gasteiger partial charge in [0.25, 0.3) is 0 Å². The first kappa shape index (κ1) is 16.5. The molecule has 1 aliphatic carbocycles. The average molecular weight is 317 g/mol. The van der Waals surface area contributed by atoms with Crippen molar-refractivity contribution < 1.29 is 4.79 Å². The molecule has 0 bridgehead atoms. The molecule has 0 radical (unpaired) electrons. The van der Waals surface area contributed by atoms with Crippen LogP contribution in [-0.2, 0) is 11.2 Å². The first-order valence-corrected chi connectivity index (χ1v) is 7.43. The quantitative estimate of drug-likeness (QED) is 0.706. The van der Waals surface area contributed by atoms with E-state index in [0.717, 1.165) is 25.1 Å². The van der Waals surface area contributed by atoms with Crippen LogP contribution in [0.4, 0.5) is 5.69 Å². The minimum atomic E-state index is 0. The second kappa shape index (κ2) is 7.43. The van der Waals surface area contributed by atoms with Crippen molar-refractivity contribution in [1.82, 2.24) is 5.32 Å². The maximum Gasteiger partial charge on any atom is 0.224 e. The third-order valence-electron chi connectivity index (χ3n) is 3.91. The molecule has 0 spiro atoms. The van der Waals surface area contributed by atoms with Gasteiger partial charge in [0.05, 0.1) is 0 Å². The zero-order valence-electron chi connectivity index (χ0n) is 12.7. The van der Waals surface area contributed by atoms with Crippen molar-refractivity contribution in [2.24, 2.45) is 0 Å². The van der Waals surface area contributed by atoms with Crippen molar-refractivity contribution in [1.29, 1.82) is 0 Å². The van der Waals surface area contributed by atoms with Crippen molar-refractivity contribution in [2.75, 3.05) is 18.9 Å². The van der Waals surface area contributed by atoms with Crippen LogP contribution >= 0.6 is 12.4 Å². The molecule has 0 saturated heterocycles. The number of nitrogens with one attached hydrogen (secondary N) is 2. The molecule has 0 atom stereocenters. The molecule has 0 unspecified atom stereocenters. The topological polar surface area (TPSA) is 41.1 Å². The van der Waals surface area contributed by atoms with Crippen LogP contribution in [-0.4, -0.2) is 19.5 Å². The van der Waals surface area contributed by atoms with E-state index in [4.69, 9.17) is 0 Å². The molecule has 0 aromatic heterocycles. The molecule has 2 aromatic carbocycles. The second-order valence-corrected chi connectivity index (χ2v) is 5.46. The lowest BCUT2D eigenvalue weighted by atomic mass is 10.1. The number of carbonyl (C=O) groups excluding carboxylic acids is 1. The number of amides is 1. The Morgan fingerprint density at radius 2 is 1.86 bits per heavy atom. The van der Waals surface area contributed by atoms with Crippen LogP contribution in [0.1, 0.15) is 24.0 Å². The Labute approximate surface area is 137 Å². The SMILES string of the molecule is CNCCCC(=O)Nc1ccc2c(c1)Cc1ccccc1-2.Cl. The fourth-order valence-electron chi connectivity index (χ4n) is 2.87. The predicted octanol–water partition coefficient (Wildman–Crippen LogP) is 3.62. The van der Waals surface area contributed by atoms with Gasteiger partial charge in [0.1, 0.15) is 0 Å². The van der Waals surface area contributed by atoms with E-state index >= 15 is 0 Å². The van der Waals surface area contributed by atoms with Crippen molar-refractivity contribution in [2.45, 2.75) is 19.3 Å². The van der Waals surface area contributed by atoms with E-state index in [-0.39, 0.29) is 18.3 Å². The smallest absolute Gasteiger partial charge is 0.224 e. The summed E-state index contributed by atoms with van der Waals surface area (Å²) < 4.78 is 0. The lowest BCUT2D eigenvalue weighted by Crippen LogP contribution is -2.15. The standard InChI is InChI=1S/C18H20N2O.ClH/c1-19-10-4-7-18(21)20-15-8-9-17-14(12-15)11-13-5-2-3-6-16(13)17;/h2-3,5-6,8-9,12,19H,4,7,10-11H2,1H3,(H,20,21);1H. The zero-order valence-corrected chi connectivity index (χ0v) is 13.5. The monoisotopic (exact) mass is 316 g/mol. The third kappa shape index (κ3) is 3.49. The first-order valence-electron chi connectivity index (χ1n) is 7.43. The molecule has 0 aliphatic heterocycles. The normalized spacial score (nSPS) is 11.3. The van der Waals surface area contributed by atoms with E-state index in [1.54, 1.807) is 0 Å². The van der Waals surface area contributed by atoms with Gasteiger partial charge < -0.3 is 10.6 Å². The molecule has 3 nitrogen and oxygen atoms in total. The van der Waals surface area contributed by atoms with E-state index < -0.39 is 0 Å². The van der Waals surface area contributed by atoms with E-state index in [9.17, 15) is 4.79 Å². The number of hydrogen-bond acceptors (Lipinski definition) is 2. The largest absolute Gasteiger partial charge is 0.326 e. The van der Waals surface area contributed by atoms with Crippen LogP contribution in [0, 0.1) is 0 Å². The minimum Gasteiger partial charge on any atom is -0.326 e. The van der Waals surface area contributed by atoms with Crippen LogP contribution in [0.15, 0.2) is 42.5 Å². The molecule has 0 fully saturated rings. The summed E-state index contributed by atoms with van der Waals surface area (Å²) in [6, 6.07) is 14.7.